The average molecular weight is 188 g/mol. The van der Waals surface area contributed by atoms with Crippen molar-refractivity contribution in [2.45, 2.75) is 27.7 Å². The van der Waals surface area contributed by atoms with Crippen LogP contribution in [0.15, 0.2) is 24.6 Å². The first kappa shape index (κ1) is 17.5. The molecule has 0 aliphatic heterocycles. The Morgan fingerprint density at radius 3 is 1.92 bits per heavy atom. The molecule has 0 unspecified atom stereocenters. The monoisotopic (exact) mass is 188 g/mol. The molecule has 0 radical (unpaired) electrons. The smallest absolute Gasteiger partial charge is 0.165 e. The molecule has 72 valence electrons. The predicted octanol–water partition coefficient (Wildman–Crippen LogP) is 3.67. The van der Waals surface area contributed by atoms with Gasteiger partial charge in [0.2, 0.25) is 0 Å². The molecule has 0 aromatic rings. The lowest BCUT2D eigenvalue weighted by Gasteiger charge is -1.84. The summed E-state index contributed by atoms with van der Waals surface area (Å²) in [4.78, 5) is 10.4. The van der Waals surface area contributed by atoms with Crippen LogP contribution in [0.2, 0.25) is 0 Å². The van der Waals surface area contributed by atoms with Gasteiger partial charge in [-0.1, -0.05) is 40.9 Å². The van der Waals surface area contributed by atoms with Gasteiger partial charge in [0.1, 0.15) is 0 Å². The standard InChI is InChI=1S/C6H8OS.2C2H6/c1-3-6(7)5-8-4-2;2*1-2/h3-4H,1-2,5H2;2*1-2H3. The Hall–Kier alpha value is -0.500. The van der Waals surface area contributed by atoms with Crippen LogP contribution in [-0.2, 0) is 4.79 Å². The van der Waals surface area contributed by atoms with Crippen LogP contribution in [0.5, 0.6) is 0 Å². The average Bonchev–Trinajstić information content (AvgIpc) is 2.20. The molecule has 0 fully saturated rings. The van der Waals surface area contributed by atoms with Crippen molar-refractivity contribution in [1.29, 1.82) is 0 Å². The molecule has 0 aromatic carbocycles. The highest BCUT2D eigenvalue weighted by Crippen LogP contribution is 1.98. The summed E-state index contributed by atoms with van der Waals surface area (Å²) in [7, 11) is 0. The van der Waals surface area contributed by atoms with Crippen molar-refractivity contribution in [2.75, 3.05) is 5.75 Å². The molecule has 0 saturated carbocycles. The lowest BCUT2D eigenvalue weighted by molar-refractivity contribution is -0.112. The molecule has 0 spiro atoms. The second-order valence-electron chi connectivity index (χ2n) is 1.15. The van der Waals surface area contributed by atoms with Crippen LogP contribution in [0, 0.1) is 0 Å². The van der Waals surface area contributed by atoms with Gasteiger partial charge in [-0.15, -0.1) is 11.8 Å². The number of carbonyl (C=O) groups excluding carboxylic acids is 1. The Kier molecular flexibility index (Phi) is 32.8. The fourth-order valence-electron chi connectivity index (χ4n) is 0.200. The van der Waals surface area contributed by atoms with E-state index in [1.54, 1.807) is 5.41 Å². The zero-order valence-corrected chi connectivity index (χ0v) is 9.41. The Morgan fingerprint density at radius 1 is 1.25 bits per heavy atom. The molecule has 0 rings (SSSR count). The van der Waals surface area contributed by atoms with Crippen LogP contribution in [0.4, 0.5) is 0 Å². The van der Waals surface area contributed by atoms with Crippen molar-refractivity contribution in [2.24, 2.45) is 0 Å². The Labute approximate surface area is 80.9 Å². The van der Waals surface area contributed by atoms with Gasteiger partial charge in [0.05, 0.1) is 5.75 Å². The van der Waals surface area contributed by atoms with Crippen LogP contribution < -0.4 is 0 Å². The van der Waals surface area contributed by atoms with Crippen molar-refractivity contribution in [3.8, 4) is 0 Å². The molecule has 0 saturated heterocycles. The van der Waals surface area contributed by atoms with E-state index in [-0.39, 0.29) is 5.78 Å². The van der Waals surface area contributed by atoms with Crippen LogP contribution >= 0.6 is 11.8 Å². The van der Waals surface area contributed by atoms with E-state index in [4.69, 9.17) is 0 Å². The molecule has 0 N–H and O–H groups in total. The molecular formula is C10H20OS. The molecule has 0 heterocycles. The third-order valence-electron chi connectivity index (χ3n) is 0.571. The summed E-state index contributed by atoms with van der Waals surface area (Å²) < 4.78 is 0. The van der Waals surface area contributed by atoms with E-state index >= 15 is 0 Å². The second kappa shape index (κ2) is 22.4. The summed E-state index contributed by atoms with van der Waals surface area (Å²) in [5, 5.41) is 1.64. The van der Waals surface area contributed by atoms with Gasteiger partial charge in [-0.05, 0) is 11.5 Å². The van der Waals surface area contributed by atoms with Gasteiger partial charge in [-0.3, -0.25) is 4.79 Å². The minimum atomic E-state index is 0.0508. The number of thioether (sulfide) groups is 1. The highest BCUT2D eigenvalue weighted by molar-refractivity contribution is 8.02. The van der Waals surface area contributed by atoms with Crippen molar-refractivity contribution in [1.82, 2.24) is 0 Å². The van der Waals surface area contributed by atoms with Crippen LogP contribution in [0.25, 0.3) is 0 Å². The SMILES string of the molecule is C=CSCC(=O)C=C.CC.CC. The van der Waals surface area contributed by atoms with E-state index in [0.29, 0.717) is 5.75 Å². The minimum Gasteiger partial charge on any atom is -0.294 e. The van der Waals surface area contributed by atoms with E-state index in [0.717, 1.165) is 0 Å². The van der Waals surface area contributed by atoms with Crippen molar-refractivity contribution < 1.29 is 4.79 Å². The topological polar surface area (TPSA) is 17.1 Å². The molecule has 0 amide bonds. The zero-order chi connectivity index (χ0) is 10.4. The normalized spacial score (nSPS) is 6.33. The number of hydrogen-bond acceptors (Lipinski definition) is 2. The quantitative estimate of drug-likeness (QED) is 0.626. The van der Waals surface area contributed by atoms with Gasteiger partial charge in [0.15, 0.2) is 5.78 Å². The maximum absolute atomic E-state index is 10.4. The van der Waals surface area contributed by atoms with Gasteiger partial charge in [0, 0.05) is 0 Å². The summed E-state index contributed by atoms with van der Waals surface area (Å²) in [6, 6.07) is 0. The summed E-state index contributed by atoms with van der Waals surface area (Å²) in [6.45, 7) is 14.8. The number of rotatable bonds is 4. The van der Waals surface area contributed by atoms with E-state index in [1.807, 2.05) is 27.7 Å². The van der Waals surface area contributed by atoms with E-state index in [1.165, 1.54) is 17.8 Å². The highest BCUT2D eigenvalue weighted by atomic mass is 32.2. The fraction of sp³-hybridized carbons (Fsp3) is 0.500. The molecular weight excluding hydrogens is 168 g/mol. The molecule has 2 heteroatoms. The van der Waals surface area contributed by atoms with Gasteiger partial charge in [0.25, 0.3) is 0 Å². The van der Waals surface area contributed by atoms with Crippen molar-refractivity contribution in [3.63, 3.8) is 0 Å². The minimum absolute atomic E-state index is 0.0508. The summed E-state index contributed by atoms with van der Waals surface area (Å²) in [6.07, 6.45) is 1.32. The lowest BCUT2D eigenvalue weighted by atomic mass is 10.5. The molecule has 1 nitrogen and oxygen atoms in total. The number of carbonyl (C=O) groups is 1. The van der Waals surface area contributed by atoms with Gasteiger partial charge < -0.3 is 0 Å². The van der Waals surface area contributed by atoms with Crippen molar-refractivity contribution >= 4 is 17.5 Å². The largest absolute Gasteiger partial charge is 0.294 e. The lowest BCUT2D eigenvalue weighted by Crippen LogP contribution is -1.92. The first-order chi connectivity index (χ1) is 5.81. The van der Waals surface area contributed by atoms with Crippen molar-refractivity contribution in [3.05, 3.63) is 24.6 Å². The zero-order valence-electron chi connectivity index (χ0n) is 8.59. The molecule has 0 atom stereocenters. The summed E-state index contributed by atoms with van der Waals surface area (Å²) in [5.41, 5.74) is 0. The summed E-state index contributed by atoms with van der Waals surface area (Å²) >= 11 is 1.38. The Bertz CT molecular complexity index is 108. The first-order valence-electron chi connectivity index (χ1n) is 4.19. The van der Waals surface area contributed by atoms with Gasteiger partial charge in [-0.25, -0.2) is 0 Å². The highest BCUT2D eigenvalue weighted by Gasteiger charge is 1.89. The van der Waals surface area contributed by atoms with Gasteiger partial charge >= 0.3 is 0 Å². The fourth-order valence-corrected chi connectivity index (χ4v) is 0.600. The third-order valence-corrected chi connectivity index (χ3v) is 1.26. The van der Waals surface area contributed by atoms with Crippen LogP contribution in [0.3, 0.4) is 0 Å². The molecule has 0 aromatic heterocycles. The number of ketones is 1. The van der Waals surface area contributed by atoms with Gasteiger partial charge in [-0.2, -0.15) is 0 Å². The maximum Gasteiger partial charge on any atom is 0.165 e. The van der Waals surface area contributed by atoms with E-state index in [2.05, 4.69) is 13.2 Å². The van der Waals surface area contributed by atoms with Crippen LogP contribution in [0.1, 0.15) is 27.7 Å². The van der Waals surface area contributed by atoms with E-state index in [9.17, 15) is 4.79 Å². The summed E-state index contributed by atoms with van der Waals surface area (Å²) in [5.74, 6) is 0.516. The molecule has 0 aliphatic rings. The number of allylic oxidation sites excluding steroid dienone is 1. The molecule has 0 aliphatic carbocycles. The third kappa shape index (κ3) is 22.7. The number of hydrogen-bond donors (Lipinski definition) is 0. The second-order valence-corrected chi connectivity index (χ2v) is 2.10. The molecule has 12 heavy (non-hydrogen) atoms. The predicted molar refractivity (Wildman–Crippen MR) is 60.6 cm³/mol. The Balaban J connectivity index is -0.000000175. The first-order valence-corrected chi connectivity index (χ1v) is 5.24. The maximum atomic E-state index is 10.4. The van der Waals surface area contributed by atoms with Crippen LogP contribution in [-0.4, -0.2) is 11.5 Å². The Morgan fingerprint density at radius 2 is 1.67 bits per heavy atom. The molecule has 0 bridgehead atoms. The van der Waals surface area contributed by atoms with E-state index < -0.39 is 0 Å².